The zero-order valence-corrected chi connectivity index (χ0v) is 25.5. The molecule has 0 spiro atoms. The molecule has 10 heteroatoms. The first-order chi connectivity index (χ1) is 20.8. The number of amides is 3. The molecule has 0 radical (unpaired) electrons. The summed E-state index contributed by atoms with van der Waals surface area (Å²) in [6, 6.07) is 11.3. The van der Waals surface area contributed by atoms with E-state index >= 15 is 0 Å². The van der Waals surface area contributed by atoms with Gasteiger partial charge in [0.15, 0.2) is 0 Å². The van der Waals surface area contributed by atoms with Crippen molar-refractivity contribution in [2.75, 3.05) is 39.3 Å². The Morgan fingerprint density at radius 2 is 1.91 bits per heavy atom. The first-order valence-corrected chi connectivity index (χ1v) is 15.9. The number of likely N-dealkylation sites (tertiary alicyclic amines) is 1. The summed E-state index contributed by atoms with van der Waals surface area (Å²) in [5.74, 6) is 1.30. The number of carbonyl (C=O) groups excluding carboxylic acids is 3. The van der Waals surface area contributed by atoms with E-state index in [-0.39, 0.29) is 47.4 Å². The molecule has 232 valence electrons. The van der Waals surface area contributed by atoms with Crippen LogP contribution in [0.5, 0.6) is 5.88 Å². The van der Waals surface area contributed by atoms with Gasteiger partial charge in [-0.15, -0.1) is 0 Å². The number of carbonyl (C=O) groups is 3. The number of piperidine rings is 2. The summed E-state index contributed by atoms with van der Waals surface area (Å²) in [7, 11) is 0. The van der Waals surface area contributed by atoms with Crippen LogP contribution in [-0.4, -0.2) is 82.9 Å². The van der Waals surface area contributed by atoms with E-state index in [2.05, 4.69) is 31.6 Å². The van der Waals surface area contributed by atoms with Gasteiger partial charge in [0.25, 0.3) is 5.91 Å². The molecule has 2 saturated heterocycles. The Bertz CT molecular complexity index is 1240. The standard InChI is InChI=1S/C33H46N6O4/c1-23(2)36-30(40)18-24-11-16-39-21-27(24)12-17-43-31-8-5-7-29(37-31)33(42)35-14-9-26-20-38(15-10-25(26)19-32(39)41)22-28-6-3-4-13-34-28/h3-8,13,23-27H,9-12,14-22H2,1-2H3,(H,35,42)(H,36,40)/t24-,25-,26-,27-/m0/s1. The molecule has 3 amide bonds. The first-order valence-electron chi connectivity index (χ1n) is 15.9. The number of hydrogen-bond acceptors (Lipinski definition) is 7. The van der Waals surface area contributed by atoms with Crippen molar-refractivity contribution in [1.29, 1.82) is 0 Å². The number of nitrogens with one attached hydrogen (secondary N) is 2. The minimum absolute atomic E-state index is 0.0600. The Morgan fingerprint density at radius 1 is 1.02 bits per heavy atom. The fraction of sp³-hybridized carbons (Fsp3) is 0.606. The number of fused-ring (bicyclic) bond motifs is 5. The zero-order valence-electron chi connectivity index (χ0n) is 25.5. The predicted octanol–water partition coefficient (Wildman–Crippen LogP) is 3.29. The van der Waals surface area contributed by atoms with Crippen molar-refractivity contribution in [2.24, 2.45) is 23.7 Å². The summed E-state index contributed by atoms with van der Waals surface area (Å²) in [5.41, 5.74) is 1.37. The van der Waals surface area contributed by atoms with Crippen molar-refractivity contribution >= 4 is 17.7 Å². The molecule has 43 heavy (non-hydrogen) atoms. The molecule has 2 N–H and O–H groups in total. The maximum absolute atomic E-state index is 13.8. The van der Waals surface area contributed by atoms with Crippen LogP contribution in [-0.2, 0) is 16.1 Å². The molecule has 0 aliphatic carbocycles. The van der Waals surface area contributed by atoms with E-state index in [1.807, 2.05) is 37.1 Å². The molecular formula is C33H46N6O4. The molecule has 5 rings (SSSR count). The molecule has 2 aromatic rings. The highest BCUT2D eigenvalue weighted by atomic mass is 16.5. The van der Waals surface area contributed by atoms with Crippen LogP contribution in [0.15, 0.2) is 42.6 Å². The van der Waals surface area contributed by atoms with Gasteiger partial charge in [-0.1, -0.05) is 12.1 Å². The van der Waals surface area contributed by atoms with E-state index in [4.69, 9.17) is 4.74 Å². The Labute approximate surface area is 255 Å². The van der Waals surface area contributed by atoms with E-state index < -0.39 is 0 Å². The first kappa shape index (κ1) is 30.9. The summed E-state index contributed by atoms with van der Waals surface area (Å²) < 4.78 is 5.99. The van der Waals surface area contributed by atoms with Gasteiger partial charge in [0, 0.05) is 63.9 Å². The molecule has 2 fully saturated rings. The van der Waals surface area contributed by atoms with Crippen LogP contribution < -0.4 is 15.4 Å². The lowest BCUT2D eigenvalue weighted by Crippen LogP contribution is -2.47. The van der Waals surface area contributed by atoms with E-state index in [1.54, 1.807) is 18.2 Å². The second-order valence-electron chi connectivity index (χ2n) is 12.7. The number of pyridine rings is 2. The zero-order chi connectivity index (χ0) is 30.2. The van der Waals surface area contributed by atoms with Crippen LogP contribution in [0.4, 0.5) is 0 Å². The Balaban J connectivity index is 1.32. The fourth-order valence-corrected chi connectivity index (χ4v) is 6.89. The topological polar surface area (TPSA) is 117 Å². The average molecular weight is 591 g/mol. The van der Waals surface area contributed by atoms with Gasteiger partial charge in [-0.2, -0.15) is 0 Å². The summed E-state index contributed by atoms with van der Waals surface area (Å²) >= 11 is 0. The smallest absolute Gasteiger partial charge is 0.270 e. The van der Waals surface area contributed by atoms with Gasteiger partial charge < -0.3 is 20.3 Å². The highest BCUT2D eigenvalue weighted by Gasteiger charge is 2.36. The SMILES string of the molecule is CC(C)NC(=O)C[C@@H]1CCN2C[C@@H]1CCOc1cccc(n1)C(=O)NCC[C@H]1CN(Cc3ccccn3)CC[C@H]1CC2=O. The number of ether oxygens (including phenoxy) is 1. The Hall–Kier alpha value is -3.53. The highest BCUT2D eigenvalue weighted by molar-refractivity contribution is 5.92. The van der Waals surface area contributed by atoms with Gasteiger partial charge in [-0.05, 0) is 87.9 Å². The summed E-state index contributed by atoms with van der Waals surface area (Å²) in [6.45, 7) is 8.74. The average Bonchev–Trinajstić information content (AvgIpc) is 2.99. The molecule has 3 aliphatic heterocycles. The molecule has 4 atom stereocenters. The third kappa shape index (κ3) is 8.75. The van der Waals surface area contributed by atoms with Crippen molar-refractivity contribution in [3.8, 4) is 5.88 Å². The Kier molecular flexibility index (Phi) is 10.6. The molecule has 5 heterocycles. The van der Waals surface area contributed by atoms with Crippen molar-refractivity contribution in [3.63, 3.8) is 0 Å². The van der Waals surface area contributed by atoms with E-state index in [9.17, 15) is 14.4 Å². The lowest BCUT2D eigenvalue weighted by Gasteiger charge is -2.41. The van der Waals surface area contributed by atoms with Crippen LogP contribution >= 0.6 is 0 Å². The van der Waals surface area contributed by atoms with Gasteiger partial charge in [0.1, 0.15) is 5.69 Å². The van der Waals surface area contributed by atoms with Gasteiger partial charge >= 0.3 is 0 Å². The van der Waals surface area contributed by atoms with E-state index in [0.29, 0.717) is 57.1 Å². The van der Waals surface area contributed by atoms with Crippen LogP contribution in [0, 0.1) is 23.7 Å². The van der Waals surface area contributed by atoms with Crippen molar-refractivity contribution in [3.05, 3.63) is 54.0 Å². The second-order valence-corrected chi connectivity index (χ2v) is 12.7. The van der Waals surface area contributed by atoms with E-state index in [1.165, 1.54) is 0 Å². The van der Waals surface area contributed by atoms with Crippen LogP contribution in [0.1, 0.15) is 68.6 Å². The molecule has 4 bridgehead atoms. The van der Waals surface area contributed by atoms with Gasteiger partial charge in [0.2, 0.25) is 17.7 Å². The van der Waals surface area contributed by atoms with Crippen LogP contribution in [0.2, 0.25) is 0 Å². The number of hydrogen-bond donors (Lipinski definition) is 2. The highest BCUT2D eigenvalue weighted by Crippen LogP contribution is 2.33. The molecule has 2 aromatic heterocycles. The number of rotatable bonds is 5. The van der Waals surface area contributed by atoms with Gasteiger partial charge in [-0.25, -0.2) is 4.98 Å². The minimum atomic E-state index is -0.221. The lowest BCUT2D eigenvalue weighted by molar-refractivity contribution is -0.136. The summed E-state index contributed by atoms with van der Waals surface area (Å²) in [5, 5.41) is 6.07. The normalized spacial score (nSPS) is 25.7. The molecule has 3 aliphatic rings. The summed E-state index contributed by atoms with van der Waals surface area (Å²) in [4.78, 5) is 52.8. The monoisotopic (exact) mass is 590 g/mol. The second kappa shape index (κ2) is 14.8. The third-order valence-corrected chi connectivity index (χ3v) is 9.16. The predicted molar refractivity (Wildman–Crippen MR) is 163 cm³/mol. The molecule has 0 unspecified atom stereocenters. The fourth-order valence-electron chi connectivity index (χ4n) is 6.89. The van der Waals surface area contributed by atoms with Crippen molar-refractivity contribution in [2.45, 2.75) is 65.0 Å². The van der Waals surface area contributed by atoms with Crippen molar-refractivity contribution < 1.29 is 19.1 Å². The van der Waals surface area contributed by atoms with Crippen molar-refractivity contribution in [1.82, 2.24) is 30.4 Å². The van der Waals surface area contributed by atoms with Gasteiger partial charge in [-0.3, -0.25) is 24.3 Å². The Morgan fingerprint density at radius 3 is 2.72 bits per heavy atom. The number of aromatic nitrogens is 2. The maximum atomic E-state index is 13.8. The lowest BCUT2D eigenvalue weighted by atomic mass is 9.79. The van der Waals surface area contributed by atoms with Gasteiger partial charge in [0.05, 0.1) is 12.3 Å². The molecule has 0 aromatic carbocycles. The quantitative estimate of drug-likeness (QED) is 0.549. The largest absolute Gasteiger partial charge is 0.478 e. The summed E-state index contributed by atoms with van der Waals surface area (Å²) in [6.07, 6.45) is 6.02. The van der Waals surface area contributed by atoms with Crippen LogP contribution in [0.25, 0.3) is 0 Å². The minimum Gasteiger partial charge on any atom is -0.478 e. The molecule has 0 saturated carbocycles. The van der Waals surface area contributed by atoms with Crippen LogP contribution in [0.3, 0.4) is 0 Å². The third-order valence-electron chi connectivity index (χ3n) is 9.16. The maximum Gasteiger partial charge on any atom is 0.270 e. The molecular weight excluding hydrogens is 544 g/mol. The number of nitrogens with zero attached hydrogens (tertiary/aromatic N) is 4. The molecule has 10 nitrogen and oxygen atoms in total. The van der Waals surface area contributed by atoms with E-state index in [0.717, 1.165) is 44.6 Å².